The Morgan fingerprint density at radius 1 is 1.14 bits per heavy atom. The van der Waals surface area contributed by atoms with Crippen LogP contribution >= 0.6 is 27.3 Å². The lowest BCUT2D eigenvalue weighted by Crippen LogP contribution is -2.34. The fourth-order valence-electron chi connectivity index (χ4n) is 1.62. The average Bonchev–Trinajstić information content (AvgIpc) is 2.89. The lowest BCUT2D eigenvalue weighted by Gasteiger charge is -2.07. The van der Waals surface area contributed by atoms with E-state index < -0.39 is 5.97 Å². The van der Waals surface area contributed by atoms with E-state index in [1.807, 2.05) is 11.4 Å². The fourth-order valence-corrected chi connectivity index (χ4v) is 3.01. The van der Waals surface area contributed by atoms with E-state index in [2.05, 4.69) is 26.6 Å². The van der Waals surface area contributed by atoms with Gasteiger partial charge in [0.2, 0.25) is 0 Å². The molecule has 0 radical (unpaired) electrons. The molecule has 3 N–H and O–H groups in total. The van der Waals surface area contributed by atoms with Gasteiger partial charge in [-0.25, -0.2) is 9.59 Å². The highest BCUT2D eigenvalue weighted by atomic mass is 79.9. The fraction of sp³-hybridized carbons (Fsp3) is 0.143. The monoisotopic (exact) mass is 368 g/mol. The summed E-state index contributed by atoms with van der Waals surface area (Å²) < 4.78 is 1.00. The van der Waals surface area contributed by atoms with Gasteiger partial charge >= 0.3 is 12.0 Å². The van der Waals surface area contributed by atoms with Gasteiger partial charge in [-0.1, -0.05) is 12.1 Å². The van der Waals surface area contributed by atoms with Gasteiger partial charge in [0.05, 0.1) is 12.1 Å². The molecule has 0 aliphatic heterocycles. The van der Waals surface area contributed by atoms with Crippen molar-refractivity contribution in [1.82, 2.24) is 10.6 Å². The quantitative estimate of drug-likeness (QED) is 0.757. The first-order valence-corrected chi connectivity index (χ1v) is 7.78. The minimum atomic E-state index is -0.964. The first kappa shape index (κ1) is 15.5. The van der Waals surface area contributed by atoms with Gasteiger partial charge in [-0.3, -0.25) is 0 Å². The molecule has 0 aliphatic rings. The van der Waals surface area contributed by atoms with Gasteiger partial charge in [-0.2, -0.15) is 0 Å². The zero-order chi connectivity index (χ0) is 15.2. The molecule has 0 atom stereocenters. The van der Waals surface area contributed by atoms with Crippen molar-refractivity contribution in [2.45, 2.75) is 13.1 Å². The summed E-state index contributed by atoms with van der Waals surface area (Å²) in [6.45, 7) is 0.819. The van der Waals surface area contributed by atoms with E-state index in [1.54, 1.807) is 23.5 Å². The largest absolute Gasteiger partial charge is 0.478 e. The number of nitrogens with one attached hydrogen (secondary N) is 2. The second-order valence-electron chi connectivity index (χ2n) is 4.27. The van der Waals surface area contributed by atoms with Gasteiger partial charge < -0.3 is 15.7 Å². The topological polar surface area (TPSA) is 78.4 Å². The number of carbonyl (C=O) groups is 2. The van der Waals surface area contributed by atoms with Gasteiger partial charge in [0.15, 0.2) is 0 Å². The Balaban J connectivity index is 1.77. The van der Waals surface area contributed by atoms with E-state index in [0.29, 0.717) is 13.1 Å². The smallest absolute Gasteiger partial charge is 0.335 e. The molecule has 0 bridgehead atoms. The minimum Gasteiger partial charge on any atom is -0.478 e. The molecule has 0 saturated carbocycles. The van der Waals surface area contributed by atoms with Crippen LogP contribution in [-0.2, 0) is 13.1 Å². The van der Waals surface area contributed by atoms with Crippen molar-refractivity contribution in [3.8, 4) is 0 Å². The van der Waals surface area contributed by atoms with Gasteiger partial charge in [0.25, 0.3) is 0 Å². The molecular weight excluding hydrogens is 356 g/mol. The molecule has 110 valence electrons. The molecule has 2 aromatic rings. The van der Waals surface area contributed by atoms with Crippen LogP contribution in [0.5, 0.6) is 0 Å². The van der Waals surface area contributed by atoms with E-state index in [4.69, 9.17) is 5.11 Å². The standard InChI is InChI=1S/C14H13BrN2O3S/c15-11-5-12(21-8-11)7-17-14(20)16-6-9-1-3-10(4-2-9)13(18)19/h1-5,8H,6-7H2,(H,18,19)(H2,16,17,20). The summed E-state index contributed by atoms with van der Waals surface area (Å²) in [7, 11) is 0. The highest BCUT2D eigenvalue weighted by Crippen LogP contribution is 2.19. The summed E-state index contributed by atoms with van der Waals surface area (Å²) in [6.07, 6.45) is 0. The minimum absolute atomic E-state index is 0.228. The van der Waals surface area contributed by atoms with Crippen LogP contribution in [0.2, 0.25) is 0 Å². The SMILES string of the molecule is O=C(NCc1ccc(C(=O)O)cc1)NCc1cc(Br)cs1. The molecule has 2 rings (SSSR count). The summed E-state index contributed by atoms with van der Waals surface area (Å²) in [6, 6.07) is 8.08. The zero-order valence-electron chi connectivity index (χ0n) is 10.9. The van der Waals surface area contributed by atoms with Gasteiger partial charge in [-0.15, -0.1) is 11.3 Å². The maximum atomic E-state index is 11.6. The number of benzene rings is 1. The number of thiophene rings is 1. The van der Waals surface area contributed by atoms with Crippen LogP contribution in [0.1, 0.15) is 20.8 Å². The summed E-state index contributed by atoms with van der Waals surface area (Å²) in [5.41, 5.74) is 1.07. The number of rotatable bonds is 5. The molecule has 0 aliphatic carbocycles. The molecule has 1 aromatic heterocycles. The lowest BCUT2D eigenvalue weighted by atomic mass is 10.1. The number of carboxylic acids is 1. The van der Waals surface area contributed by atoms with E-state index in [-0.39, 0.29) is 11.6 Å². The predicted molar refractivity (Wildman–Crippen MR) is 84.5 cm³/mol. The van der Waals surface area contributed by atoms with Gasteiger partial charge in [0, 0.05) is 21.3 Å². The van der Waals surface area contributed by atoms with Crippen LogP contribution in [-0.4, -0.2) is 17.1 Å². The van der Waals surface area contributed by atoms with Crippen LogP contribution in [0.3, 0.4) is 0 Å². The molecule has 1 aromatic carbocycles. The molecule has 1 heterocycles. The van der Waals surface area contributed by atoms with Crippen molar-refractivity contribution < 1.29 is 14.7 Å². The van der Waals surface area contributed by atoms with Crippen molar-refractivity contribution in [1.29, 1.82) is 0 Å². The molecule has 7 heteroatoms. The normalized spacial score (nSPS) is 10.1. The van der Waals surface area contributed by atoms with Crippen LogP contribution < -0.4 is 10.6 Å². The predicted octanol–water partition coefficient (Wildman–Crippen LogP) is 3.21. The second-order valence-corrected chi connectivity index (χ2v) is 6.18. The van der Waals surface area contributed by atoms with E-state index >= 15 is 0 Å². The summed E-state index contributed by atoms with van der Waals surface area (Å²) >= 11 is 4.92. The molecule has 0 saturated heterocycles. The van der Waals surface area contributed by atoms with Gasteiger partial charge in [-0.05, 0) is 39.7 Å². The average molecular weight is 369 g/mol. The Morgan fingerprint density at radius 3 is 2.38 bits per heavy atom. The molecule has 21 heavy (non-hydrogen) atoms. The van der Waals surface area contributed by atoms with Crippen LogP contribution in [0.4, 0.5) is 4.79 Å². The van der Waals surface area contributed by atoms with Crippen LogP contribution in [0.15, 0.2) is 40.2 Å². The Kier molecular flexibility index (Phi) is 5.35. The summed E-state index contributed by atoms with van der Waals surface area (Å²) in [5, 5.41) is 16.2. The van der Waals surface area contributed by atoms with Crippen molar-refractivity contribution in [3.63, 3.8) is 0 Å². The van der Waals surface area contributed by atoms with Crippen LogP contribution in [0, 0.1) is 0 Å². The maximum Gasteiger partial charge on any atom is 0.335 e. The summed E-state index contributed by atoms with van der Waals surface area (Å²) in [5.74, 6) is -0.964. The third kappa shape index (κ3) is 4.87. The number of urea groups is 1. The molecule has 0 unspecified atom stereocenters. The molecule has 0 spiro atoms. The number of carboxylic acid groups (broad SMARTS) is 1. The second kappa shape index (κ2) is 7.24. The zero-order valence-corrected chi connectivity index (χ0v) is 13.3. The van der Waals surface area contributed by atoms with Crippen molar-refractivity contribution in [2.75, 3.05) is 0 Å². The Morgan fingerprint density at radius 2 is 1.81 bits per heavy atom. The van der Waals surface area contributed by atoms with Crippen molar-refractivity contribution in [3.05, 3.63) is 56.2 Å². The third-order valence-electron chi connectivity index (χ3n) is 2.70. The van der Waals surface area contributed by atoms with Crippen LogP contribution in [0.25, 0.3) is 0 Å². The first-order valence-electron chi connectivity index (χ1n) is 6.11. The molecule has 2 amide bonds. The number of hydrogen-bond acceptors (Lipinski definition) is 3. The number of halogens is 1. The maximum absolute atomic E-state index is 11.6. The first-order chi connectivity index (χ1) is 10.0. The molecule has 5 nitrogen and oxygen atoms in total. The van der Waals surface area contributed by atoms with Crippen molar-refractivity contribution >= 4 is 39.3 Å². The number of amides is 2. The summed E-state index contributed by atoms with van der Waals surface area (Å²) in [4.78, 5) is 23.4. The molecular formula is C14H13BrN2O3S. The molecule has 0 fully saturated rings. The Bertz CT molecular complexity index is 640. The highest BCUT2D eigenvalue weighted by molar-refractivity contribution is 9.10. The lowest BCUT2D eigenvalue weighted by molar-refractivity contribution is 0.0697. The van der Waals surface area contributed by atoms with Gasteiger partial charge in [0.1, 0.15) is 0 Å². The number of hydrogen-bond donors (Lipinski definition) is 3. The highest BCUT2D eigenvalue weighted by Gasteiger charge is 2.04. The van der Waals surface area contributed by atoms with Crippen molar-refractivity contribution in [2.24, 2.45) is 0 Å². The Hall–Kier alpha value is -1.86. The number of aromatic carboxylic acids is 1. The van der Waals surface area contributed by atoms with E-state index in [0.717, 1.165) is 14.9 Å². The van der Waals surface area contributed by atoms with E-state index in [1.165, 1.54) is 12.1 Å². The third-order valence-corrected chi connectivity index (χ3v) is 4.40. The number of carbonyl (C=O) groups excluding carboxylic acids is 1. The van der Waals surface area contributed by atoms with E-state index in [9.17, 15) is 9.59 Å². The Labute approximate surface area is 134 Å².